The Hall–Kier alpha value is -6.26. The van der Waals surface area contributed by atoms with Crippen LogP contribution in [0, 0.1) is 10.1 Å². The molecule has 0 saturated carbocycles. The molecule has 0 amide bonds. The molecule has 0 bridgehead atoms. The predicted molar refractivity (Wildman–Crippen MR) is 255 cm³/mol. The number of nitrogens with zero attached hydrogens (tertiary/aromatic N) is 7. The van der Waals surface area contributed by atoms with Crippen molar-refractivity contribution in [1.29, 1.82) is 0 Å². The van der Waals surface area contributed by atoms with Gasteiger partial charge in [0.25, 0.3) is 15.7 Å². The highest BCUT2D eigenvalue weighted by Gasteiger charge is 2.25. The van der Waals surface area contributed by atoms with Crippen LogP contribution < -0.4 is 19.8 Å². The van der Waals surface area contributed by atoms with Crippen LogP contribution >= 0.6 is 23.4 Å². The lowest BCUT2D eigenvalue weighted by atomic mass is 9.99. The third-order valence-electron chi connectivity index (χ3n) is 11.1. The lowest BCUT2D eigenvalue weighted by Gasteiger charge is -2.36. The lowest BCUT2D eigenvalue weighted by Crippen LogP contribution is -2.46. The highest BCUT2D eigenvalue weighted by molar-refractivity contribution is 7.99. The highest BCUT2D eigenvalue weighted by Crippen LogP contribution is 2.33. The number of anilines is 4. The van der Waals surface area contributed by atoms with E-state index in [1.807, 2.05) is 79.8 Å². The number of nitro groups is 1. The molecule has 63 heavy (non-hydrogen) atoms. The van der Waals surface area contributed by atoms with Gasteiger partial charge >= 0.3 is 0 Å². The maximum Gasteiger partial charge on any atom is 0.293 e. The summed E-state index contributed by atoms with van der Waals surface area (Å²) in [6.45, 7) is 4.81. The topological polar surface area (TPSA) is 150 Å². The van der Waals surface area contributed by atoms with E-state index < -0.39 is 14.9 Å². The number of rotatable bonds is 17. The SMILES string of the molecule is CN(CC[C@H](CSc1ccccc1)Nc1ccc(S(=O)(=O)Nc2ncnc3cc(N4CCN(Cc5ccccc5-c5ccc(Cl)cc5)CC4)ccc23)cc1[N+](=O)[O-])c1ccncc1. The number of hydrogen-bond acceptors (Lipinski definition) is 12. The largest absolute Gasteiger partial charge is 0.376 e. The number of benzene rings is 5. The van der Waals surface area contributed by atoms with Crippen LogP contribution in [0.1, 0.15) is 12.0 Å². The summed E-state index contributed by atoms with van der Waals surface area (Å²) in [5, 5.41) is 17.1. The zero-order chi connectivity index (χ0) is 43.8. The molecule has 0 spiro atoms. The van der Waals surface area contributed by atoms with E-state index in [-0.39, 0.29) is 28.1 Å². The molecule has 0 aliphatic carbocycles. The quantitative estimate of drug-likeness (QED) is 0.0509. The van der Waals surface area contributed by atoms with Crippen molar-refractivity contribution >= 4 is 72.9 Å². The fraction of sp³-hybridized carbons (Fsp3) is 0.213. The molecule has 2 aromatic heterocycles. The summed E-state index contributed by atoms with van der Waals surface area (Å²) in [5.41, 5.74) is 6.01. The maximum absolute atomic E-state index is 13.9. The van der Waals surface area contributed by atoms with Crippen molar-refractivity contribution in [2.24, 2.45) is 0 Å². The molecule has 2 N–H and O–H groups in total. The van der Waals surface area contributed by atoms with Gasteiger partial charge in [0.1, 0.15) is 12.0 Å². The van der Waals surface area contributed by atoms with Gasteiger partial charge in [-0.15, -0.1) is 11.8 Å². The molecule has 1 aliphatic heterocycles. The second kappa shape index (κ2) is 19.8. The molecule has 0 radical (unpaired) electrons. The number of sulfonamides is 1. The van der Waals surface area contributed by atoms with E-state index in [1.54, 1.807) is 24.2 Å². The van der Waals surface area contributed by atoms with Crippen LogP contribution in [0.2, 0.25) is 5.02 Å². The third-order valence-corrected chi connectivity index (χ3v) is 13.9. The number of pyridine rings is 1. The van der Waals surface area contributed by atoms with Crippen molar-refractivity contribution in [2.45, 2.75) is 28.8 Å². The van der Waals surface area contributed by atoms with Crippen LogP contribution in [0.15, 0.2) is 156 Å². The molecule has 3 heterocycles. The number of nitrogens with one attached hydrogen (secondary N) is 2. The molecular formula is C47H46ClN9O4S2. The van der Waals surface area contributed by atoms with Crippen LogP contribution in [0.25, 0.3) is 22.0 Å². The minimum Gasteiger partial charge on any atom is -0.376 e. The van der Waals surface area contributed by atoms with E-state index in [0.29, 0.717) is 34.6 Å². The van der Waals surface area contributed by atoms with Crippen LogP contribution in [-0.2, 0) is 16.6 Å². The molecule has 1 aliphatic rings. The molecule has 8 rings (SSSR count). The van der Waals surface area contributed by atoms with Gasteiger partial charge in [-0.05, 0) is 89.8 Å². The fourth-order valence-electron chi connectivity index (χ4n) is 7.64. The predicted octanol–water partition coefficient (Wildman–Crippen LogP) is 9.48. The van der Waals surface area contributed by atoms with E-state index in [4.69, 9.17) is 11.6 Å². The lowest BCUT2D eigenvalue weighted by molar-refractivity contribution is -0.384. The summed E-state index contributed by atoms with van der Waals surface area (Å²) in [6.07, 6.45) is 5.44. The van der Waals surface area contributed by atoms with Crippen molar-refractivity contribution in [3.05, 3.63) is 167 Å². The Morgan fingerprint density at radius 3 is 2.38 bits per heavy atom. The Bertz CT molecular complexity index is 2780. The van der Waals surface area contributed by atoms with E-state index in [2.05, 4.69) is 76.1 Å². The molecule has 13 nitrogen and oxygen atoms in total. The molecular weight excluding hydrogens is 854 g/mol. The first-order chi connectivity index (χ1) is 30.6. The van der Waals surface area contributed by atoms with Crippen LogP contribution in [0.3, 0.4) is 0 Å². The van der Waals surface area contributed by atoms with Crippen LogP contribution in [0.5, 0.6) is 0 Å². The smallest absolute Gasteiger partial charge is 0.293 e. The van der Waals surface area contributed by atoms with Gasteiger partial charge in [-0.1, -0.05) is 66.2 Å². The number of aromatic nitrogens is 3. The van der Waals surface area contributed by atoms with Crippen LogP contribution in [0.4, 0.5) is 28.6 Å². The first kappa shape index (κ1) is 43.4. The second-order valence-electron chi connectivity index (χ2n) is 15.3. The first-order valence-corrected chi connectivity index (χ1v) is 23.4. The Balaban J connectivity index is 0.940. The van der Waals surface area contributed by atoms with E-state index in [1.165, 1.54) is 29.6 Å². The van der Waals surface area contributed by atoms with E-state index in [0.717, 1.165) is 60.6 Å². The van der Waals surface area contributed by atoms with Gasteiger partial charge in [-0.2, -0.15) is 0 Å². The van der Waals surface area contributed by atoms with Gasteiger partial charge in [0.15, 0.2) is 5.82 Å². The third kappa shape index (κ3) is 10.9. The van der Waals surface area contributed by atoms with Gasteiger partial charge in [0.05, 0.1) is 15.3 Å². The molecule has 16 heteroatoms. The van der Waals surface area contributed by atoms with Gasteiger partial charge in [0, 0.05) is 103 Å². The molecule has 1 atom stereocenters. The number of halogens is 1. The molecule has 322 valence electrons. The summed E-state index contributed by atoms with van der Waals surface area (Å²) in [6, 6.07) is 39.6. The monoisotopic (exact) mass is 899 g/mol. The van der Waals surface area contributed by atoms with Crippen molar-refractivity contribution in [3.8, 4) is 11.1 Å². The van der Waals surface area contributed by atoms with Crippen molar-refractivity contribution < 1.29 is 13.3 Å². The standard InChI is InChI=1S/C47H46ClN9O4S2/c1-54(38-19-22-49-23-20-38)24-21-37(32-62-40-8-3-2-4-9-40)52-44-18-16-41(30-46(44)57(58)59)63(60,61)53-47-43-17-15-39(29-45(43)50-33-51-47)56-27-25-55(26-28-56)31-35-7-5-6-10-42(35)34-11-13-36(48)14-12-34/h2-20,22-23,29-30,33,37,52H,21,24-28,31-32H2,1H3,(H,50,51,53)/t37-/m1/s1. The van der Waals surface area contributed by atoms with Gasteiger partial charge in [-0.25, -0.2) is 18.4 Å². The molecule has 1 fully saturated rings. The summed E-state index contributed by atoms with van der Waals surface area (Å²) < 4.78 is 30.3. The fourth-order valence-corrected chi connectivity index (χ4v) is 9.81. The Morgan fingerprint density at radius 2 is 1.62 bits per heavy atom. The van der Waals surface area contributed by atoms with E-state index in [9.17, 15) is 18.5 Å². The maximum atomic E-state index is 13.9. The number of hydrogen-bond donors (Lipinski definition) is 2. The number of fused-ring (bicyclic) bond motifs is 1. The minimum atomic E-state index is -4.30. The molecule has 0 unspecified atom stereocenters. The zero-order valence-corrected chi connectivity index (χ0v) is 36.9. The van der Waals surface area contributed by atoms with E-state index >= 15 is 0 Å². The van der Waals surface area contributed by atoms with Crippen molar-refractivity contribution in [1.82, 2.24) is 19.9 Å². The van der Waals surface area contributed by atoms with Gasteiger partial charge in [0.2, 0.25) is 0 Å². The normalized spacial score (nSPS) is 13.7. The second-order valence-corrected chi connectivity index (χ2v) is 18.5. The summed E-state index contributed by atoms with van der Waals surface area (Å²) in [4.78, 5) is 32.4. The number of thioether (sulfide) groups is 1. The van der Waals surface area contributed by atoms with Gasteiger partial charge in [-0.3, -0.25) is 24.7 Å². The average Bonchev–Trinajstić information content (AvgIpc) is 3.31. The molecule has 1 saturated heterocycles. The number of piperazine rings is 1. The van der Waals surface area contributed by atoms with Crippen molar-refractivity contribution in [2.75, 3.05) is 65.4 Å². The number of nitro benzene ring substituents is 1. The molecule has 5 aromatic carbocycles. The zero-order valence-electron chi connectivity index (χ0n) is 34.5. The molecule has 7 aromatic rings. The highest BCUT2D eigenvalue weighted by atomic mass is 35.5. The summed E-state index contributed by atoms with van der Waals surface area (Å²) >= 11 is 7.79. The van der Waals surface area contributed by atoms with Crippen LogP contribution in [-0.4, -0.2) is 84.8 Å². The average molecular weight is 901 g/mol. The first-order valence-electron chi connectivity index (χ1n) is 20.5. The summed E-state index contributed by atoms with van der Waals surface area (Å²) in [7, 11) is -2.31. The Labute approximate surface area is 376 Å². The van der Waals surface area contributed by atoms with Crippen molar-refractivity contribution in [3.63, 3.8) is 0 Å². The van der Waals surface area contributed by atoms with Gasteiger partial charge < -0.3 is 15.1 Å². The minimum absolute atomic E-state index is 0.0805. The Kier molecular flexibility index (Phi) is 13.7. The Morgan fingerprint density at radius 1 is 0.873 bits per heavy atom. The summed E-state index contributed by atoms with van der Waals surface area (Å²) in [5.74, 6) is 0.698.